The normalized spacial score (nSPS) is 11.2. The summed E-state index contributed by atoms with van der Waals surface area (Å²) in [6.45, 7) is 7.57. The molecule has 2 aromatic carbocycles. The van der Waals surface area contributed by atoms with Crippen molar-refractivity contribution in [2.24, 2.45) is 5.92 Å². The van der Waals surface area contributed by atoms with Crippen LogP contribution < -0.4 is 0 Å². The first-order chi connectivity index (χ1) is 12.7. The number of amides is 2. The van der Waals surface area contributed by atoms with Crippen LogP contribution in [0.1, 0.15) is 11.1 Å². The van der Waals surface area contributed by atoms with Crippen LogP contribution in [0.5, 0.6) is 0 Å². The van der Waals surface area contributed by atoms with Crippen LogP contribution in [-0.2, 0) is 22.6 Å². The predicted octanol–water partition coefficient (Wildman–Crippen LogP) is 4.38. The summed E-state index contributed by atoms with van der Waals surface area (Å²) in [5, 5.41) is 0. The van der Waals surface area contributed by atoms with Gasteiger partial charge in [0.05, 0.1) is 5.92 Å². The zero-order chi connectivity index (χ0) is 18.8. The molecule has 0 N–H and O–H groups in total. The van der Waals surface area contributed by atoms with E-state index in [1.807, 2.05) is 60.7 Å². The van der Waals surface area contributed by atoms with Crippen LogP contribution in [0.15, 0.2) is 86.0 Å². The molecule has 0 radical (unpaired) electrons. The SMILES string of the molecule is C=CCN(C(=O)OCc1ccccc1)C(=O)C(C=C)Cc1ccccc1. The second kappa shape index (κ2) is 9.99. The molecule has 26 heavy (non-hydrogen) atoms. The number of benzene rings is 2. The first-order valence-electron chi connectivity index (χ1n) is 8.45. The van der Waals surface area contributed by atoms with Crippen molar-refractivity contribution in [3.05, 3.63) is 97.1 Å². The maximum absolute atomic E-state index is 12.8. The van der Waals surface area contributed by atoms with E-state index in [9.17, 15) is 9.59 Å². The molecule has 4 nitrogen and oxygen atoms in total. The molecule has 0 saturated carbocycles. The molecule has 0 aromatic heterocycles. The van der Waals surface area contributed by atoms with E-state index < -0.39 is 12.0 Å². The van der Waals surface area contributed by atoms with E-state index in [1.54, 1.807) is 6.08 Å². The Hall–Kier alpha value is -3.14. The van der Waals surface area contributed by atoms with E-state index in [0.29, 0.717) is 6.42 Å². The minimum atomic E-state index is -0.682. The van der Waals surface area contributed by atoms with Gasteiger partial charge in [0.1, 0.15) is 6.61 Å². The first kappa shape index (κ1) is 19.2. The van der Waals surface area contributed by atoms with E-state index in [2.05, 4.69) is 13.2 Å². The van der Waals surface area contributed by atoms with Gasteiger partial charge >= 0.3 is 6.09 Å². The number of imide groups is 1. The highest BCUT2D eigenvalue weighted by Crippen LogP contribution is 2.14. The van der Waals surface area contributed by atoms with Gasteiger partial charge in [-0.1, -0.05) is 72.8 Å². The lowest BCUT2D eigenvalue weighted by Crippen LogP contribution is -2.41. The summed E-state index contributed by atoms with van der Waals surface area (Å²) in [5.41, 5.74) is 1.86. The summed E-state index contributed by atoms with van der Waals surface area (Å²) in [6.07, 6.45) is 2.86. The Balaban J connectivity index is 2.05. The number of carbonyl (C=O) groups is 2. The van der Waals surface area contributed by atoms with Gasteiger partial charge in [-0.3, -0.25) is 4.79 Å². The van der Waals surface area contributed by atoms with Gasteiger partial charge in [0.2, 0.25) is 5.91 Å². The Morgan fingerprint density at radius 2 is 1.54 bits per heavy atom. The molecule has 0 fully saturated rings. The molecule has 2 aromatic rings. The average molecular weight is 349 g/mol. The molecule has 4 heteroatoms. The monoisotopic (exact) mass is 349 g/mol. The van der Waals surface area contributed by atoms with Gasteiger partial charge in [-0.25, -0.2) is 9.69 Å². The van der Waals surface area contributed by atoms with Crippen LogP contribution in [0.25, 0.3) is 0 Å². The highest BCUT2D eigenvalue weighted by Gasteiger charge is 2.27. The Morgan fingerprint density at radius 3 is 2.08 bits per heavy atom. The van der Waals surface area contributed by atoms with Crippen molar-refractivity contribution in [1.82, 2.24) is 4.90 Å². The third kappa shape index (κ3) is 5.45. The van der Waals surface area contributed by atoms with Crippen molar-refractivity contribution < 1.29 is 14.3 Å². The lowest BCUT2D eigenvalue weighted by Gasteiger charge is -2.23. The molecule has 2 amide bonds. The Bertz CT molecular complexity index is 740. The van der Waals surface area contributed by atoms with Gasteiger partial charge in [0, 0.05) is 6.54 Å². The van der Waals surface area contributed by atoms with Gasteiger partial charge in [-0.15, -0.1) is 13.2 Å². The number of nitrogens with zero attached hydrogens (tertiary/aromatic N) is 1. The van der Waals surface area contributed by atoms with Crippen molar-refractivity contribution in [2.75, 3.05) is 6.54 Å². The van der Waals surface area contributed by atoms with E-state index in [-0.39, 0.29) is 19.1 Å². The number of carbonyl (C=O) groups excluding carboxylic acids is 2. The van der Waals surface area contributed by atoms with E-state index in [4.69, 9.17) is 4.74 Å². The fraction of sp³-hybridized carbons (Fsp3) is 0.182. The first-order valence-corrected chi connectivity index (χ1v) is 8.45. The largest absolute Gasteiger partial charge is 0.444 e. The van der Waals surface area contributed by atoms with Crippen LogP contribution in [0.4, 0.5) is 4.79 Å². The molecule has 2 rings (SSSR count). The van der Waals surface area contributed by atoms with Crippen molar-refractivity contribution in [3.63, 3.8) is 0 Å². The topological polar surface area (TPSA) is 46.6 Å². The predicted molar refractivity (Wildman–Crippen MR) is 102 cm³/mol. The third-order valence-electron chi connectivity index (χ3n) is 3.90. The summed E-state index contributed by atoms with van der Waals surface area (Å²) < 4.78 is 5.29. The smallest absolute Gasteiger partial charge is 0.417 e. The second-order valence-electron chi connectivity index (χ2n) is 5.81. The van der Waals surface area contributed by atoms with E-state index >= 15 is 0 Å². The van der Waals surface area contributed by atoms with Gasteiger partial charge < -0.3 is 4.74 Å². The zero-order valence-electron chi connectivity index (χ0n) is 14.7. The standard InChI is InChI=1S/C22H23NO3/c1-3-15-23(22(25)26-17-19-13-9-6-10-14-19)21(24)20(4-2)16-18-11-7-5-8-12-18/h3-14,20H,1-2,15-17H2. The summed E-state index contributed by atoms with van der Waals surface area (Å²) in [5.74, 6) is -0.858. The highest BCUT2D eigenvalue weighted by atomic mass is 16.6. The van der Waals surface area contributed by atoms with Crippen molar-refractivity contribution >= 4 is 12.0 Å². The molecule has 0 heterocycles. The Labute approximate surface area is 154 Å². The fourth-order valence-corrected chi connectivity index (χ4v) is 2.52. The van der Waals surface area contributed by atoms with Crippen molar-refractivity contribution in [2.45, 2.75) is 13.0 Å². The zero-order valence-corrected chi connectivity index (χ0v) is 14.7. The molecule has 0 saturated heterocycles. The Kier molecular flexibility index (Phi) is 7.37. The molecule has 1 atom stereocenters. The molecule has 0 aliphatic heterocycles. The van der Waals surface area contributed by atoms with Gasteiger partial charge in [0.15, 0.2) is 0 Å². The number of hydrogen-bond acceptors (Lipinski definition) is 3. The molecule has 0 aliphatic carbocycles. The second-order valence-corrected chi connectivity index (χ2v) is 5.81. The van der Waals surface area contributed by atoms with Crippen LogP contribution >= 0.6 is 0 Å². The molecular formula is C22H23NO3. The summed E-state index contributed by atoms with van der Waals surface area (Å²) in [7, 11) is 0. The van der Waals surface area contributed by atoms with Crippen molar-refractivity contribution in [3.8, 4) is 0 Å². The summed E-state index contributed by atoms with van der Waals surface area (Å²) >= 11 is 0. The van der Waals surface area contributed by atoms with Gasteiger partial charge in [-0.2, -0.15) is 0 Å². The molecule has 0 spiro atoms. The molecule has 134 valence electrons. The molecule has 0 aliphatic rings. The maximum Gasteiger partial charge on any atom is 0.417 e. The third-order valence-corrected chi connectivity index (χ3v) is 3.90. The fourth-order valence-electron chi connectivity index (χ4n) is 2.52. The lowest BCUT2D eigenvalue weighted by molar-refractivity contribution is -0.131. The van der Waals surface area contributed by atoms with Gasteiger partial charge in [-0.05, 0) is 17.5 Å². The minimum absolute atomic E-state index is 0.0889. The lowest BCUT2D eigenvalue weighted by atomic mass is 9.98. The van der Waals surface area contributed by atoms with Crippen LogP contribution in [-0.4, -0.2) is 23.4 Å². The van der Waals surface area contributed by atoms with Gasteiger partial charge in [0.25, 0.3) is 0 Å². The summed E-state index contributed by atoms with van der Waals surface area (Å²) in [4.78, 5) is 26.3. The number of rotatable bonds is 8. The molecular weight excluding hydrogens is 326 g/mol. The Morgan fingerprint density at radius 1 is 0.962 bits per heavy atom. The van der Waals surface area contributed by atoms with E-state index in [1.165, 1.54) is 6.08 Å². The van der Waals surface area contributed by atoms with Crippen LogP contribution in [0.2, 0.25) is 0 Å². The minimum Gasteiger partial charge on any atom is -0.444 e. The average Bonchev–Trinajstić information content (AvgIpc) is 2.69. The van der Waals surface area contributed by atoms with Crippen LogP contribution in [0, 0.1) is 5.92 Å². The van der Waals surface area contributed by atoms with Crippen LogP contribution in [0.3, 0.4) is 0 Å². The molecule has 1 unspecified atom stereocenters. The highest BCUT2D eigenvalue weighted by molar-refractivity contribution is 5.94. The maximum atomic E-state index is 12.8. The van der Waals surface area contributed by atoms with Crippen molar-refractivity contribution in [1.29, 1.82) is 0 Å². The molecule has 0 bridgehead atoms. The number of ether oxygens (including phenoxy) is 1. The van der Waals surface area contributed by atoms with E-state index in [0.717, 1.165) is 16.0 Å². The summed E-state index contributed by atoms with van der Waals surface area (Å²) in [6, 6.07) is 18.9. The number of hydrogen-bond donors (Lipinski definition) is 0. The quantitative estimate of drug-likeness (QED) is 0.664.